The maximum atomic E-state index is 11.2. The Hall–Kier alpha value is -2.06. The minimum atomic E-state index is -0.963. The molecule has 2 rings (SSSR count). The molecule has 4 N–H and O–H groups in total. The number of hydrogen-bond donors (Lipinski definition) is 3. The average molecular weight is 297 g/mol. The zero-order chi connectivity index (χ0) is 15.1. The molecule has 7 nitrogen and oxygen atoms in total. The summed E-state index contributed by atoms with van der Waals surface area (Å²) in [5.74, 6) is -1.21. The molecule has 0 aromatic heterocycles. The van der Waals surface area contributed by atoms with E-state index >= 15 is 0 Å². The molecule has 1 saturated heterocycles. The van der Waals surface area contributed by atoms with Gasteiger partial charge in [-0.25, -0.2) is 4.79 Å². The topological polar surface area (TPSA) is 113 Å². The summed E-state index contributed by atoms with van der Waals surface area (Å²) in [6, 6.07) is 8.38. The molecule has 20 heavy (non-hydrogen) atoms. The highest BCUT2D eigenvalue weighted by molar-refractivity contribution is 7.97. The summed E-state index contributed by atoms with van der Waals surface area (Å²) in [7, 11) is 0. The Morgan fingerprint density at radius 1 is 1.40 bits per heavy atom. The highest BCUT2D eigenvalue weighted by Gasteiger charge is 2.27. The van der Waals surface area contributed by atoms with Crippen molar-refractivity contribution >= 4 is 29.9 Å². The third-order valence-corrected chi connectivity index (χ3v) is 3.11. The van der Waals surface area contributed by atoms with Crippen molar-refractivity contribution in [3.63, 3.8) is 0 Å². The number of aliphatic carboxylic acids is 1. The van der Waals surface area contributed by atoms with Crippen LogP contribution >= 0.6 is 11.9 Å². The van der Waals surface area contributed by atoms with Crippen molar-refractivity contribution in [3.8, 4) is 0 Å². The molecule has 1 heterocycles. The van der Waals surface area contributed by atoms with E-state index in [1.807, 2.05) is 30.3 Å². The lowest BCUT2D eigenvalue weighted by Gasteiger charge is -2.10. The van der Waals surface area contributed by atoms with E-state index in [2.05, 4.69) is 5.32 Å². The summed E-state index contributed by atoms with van der Waals surface area (Å²) < 4.78 is 1.40. The monoisotopic (exact) mass is 297 g/mol. The van der Waals surface area contributed by atoms with Crippen LogP contribution < -0.4 is 11.1 Å². The fourth-order valence-electron chi connectivity index (χ4n) is 1.11. The first-order chi connectivity index (χ1) is 9.40. The van der Waals surface area contributed by atoms with E-state index in [1.54, 1.807) is 0 Å². The summed E-state index contributed by atoms with van der Waals surface area (Å²) in [4.78, 5) is 32.5. The lowest BCUT2D eigenvalue weighted by atomic mass is 10.4. The van der Waals surface area contributed by atoms with Gasteiger partial charge in [0.2, 0.25) is 5.91 Å². The normalized spacial score (nSPS) is 15.2. The number of nitrogens with two attached hydrogens (primary N) is 1. The van der Waals surface area contributed by atoms with Gasteiger partial charge in [0.15, 0.2) is 0 Å². The smallest absolute Gasteiger partial charge is 0.334 e. The number of amides is 3. The van der Waals surface area contributed by atoms with Crippen molar-refractivity contribution in [2.24, 2.45) is 5.73 Å². The summed E-state index contributed by atoms with van der Waals surface area (Å²) in [5, 5.41) is 10.1. The Morgan fingerprint density at radius 2 is 1.95 bits per heavy atom. The van der Waals surface area contributed by atoms with Crippen molar-refractivity contribution < 1.29 is 19.5 Å². The van der Waals surface area contributed by atoms with Gasteiger partial charge in [0.1, 0.15) is 12.6 Å². The van der Waals surface area contributed by atoms with E-state index in [-0.39, 0.29) is 18.5 Å². The molecule has 0 saturated carbocycles. The fraction of sp³-hybridized carbons (Fsp3) is 0.250. The van der Waals surface area contributed by atoms with Crippen LogP contribution in [-0.4, -0.2) is 39.9 Å². The van der Waals surface area contributed by atoms with Gasteiger partial charge in [0.05, 0.1) is 0 Å². The maximum absolute atomic E-state index is 11.2. The zero-order valence-corrected chi connectivity index (χ0v) is 11.6. The summed E-state index contributed by atoms with van der Waals surface area (Å²) in [6.45, 7) is 1.54. The molecule has 108 valence electrons. The van der Waals surface area contributed by atoms with Crippen molar-refractivity contribution in [2.45, 2.75) is 17.9 Å². The van der Waals surface area contributed by atoms with Gasteiger partial charge in [-0.1, -0.05) is 18.2 Å². The van der Waals surface area contributed by atoms with Crippen LogP contribution in [0.4, 0.5) is 4.79 Å². The molecule has 0 bridgehead atoms. The standard InChI is InChI=1S/C9H8N2O2S.C3H7NO2/c12-8-6-11(9(13)10-8)14-7-4-2-1-3-5-7;1-2(4)3(5)6/h1-5H,6H2,(H,10,12,13);2H,4H2,1H3,(H,5,6). The van der Waals surface area contributed by atoms with Crippen LogP contribution in [-0.2, 0) is 9.59 Å². The van der Waals surface area contributed by atoms with E-state index in [9.17, 15) is 14.4 Å². The van der Waals surface area contributed by atoms with Crippen LogP contribution in [0.25, 0.3) is 0 Å². The Bertz CT molecular complexity index is 493. The van der Waals surface area contributed by atoms with Crippen LogP contribution in [0.5, 0.6) is 0 Å². The van der Waals surface area contributed by atoms with E-state index < -0.39 is 12.0 Å². The number of carbonyl (C=O) groups excluding carboxylic acids is 2. The molecule has 0 aliphatic carbocycles. The molecule has 1 aromatic rings. The molecule has 0 spiro atoms. The minimum Gasteiger partial charge on any atom is -0.480 e. The number of rotatable bonds is 3. The summed E-state index contributed by atoms with van der Waals surface area (Å²) in [5.41, 5.74) is 4.84. The highest BCUT2D eigenvalue weighted by Crippen LogP contribution is 2.23. The number of hydrogen-bond acceptors (Lipinski definition) is 5. The molecule has 0 radical (unpaired) electrons. The second-order valence-corrected chi connectivity index (χ2v) is 5.02. The van der Waals surface area contributed by atoms with Crippen molar-refractivity contribution in [3.05, 3.63) is 30.3 Å². The number of urea groups is 1. The Labute approximate surface area is 120 Å². The Kier molecular flexibility index (Phi) is 6.01. The minimum absolute atomic E-state index is 0.123. The summed E-state index contributed by atoms with van der Waals surface area (Å²) >= 11 is 1.26. The molecule has 8 heteroatoms. The first kappa shape index (κ1) is 16.0. The molecule has 1 aliphatic heterocycles. The highest BCUT2D eigenvalue weighted by atomic mass is 32.2. The van der Waals surface area contributed by atoms with Gasteiger partial charge >= 0.3 is 12.0 Å². The van der Waals surface area contributed by atoms with E-state index in [0.717, 1.165) is 4.90 Å². The Morgan fingerprint density at radius 3 is 2.35 bits per heavy atom. The number of nitrogens with zero attached hydrogens (tertiary/aromatic N) is 1. The third-order valence-electron chi connectivity index (χ3n) is 2.11. The number of benzene rings is 1. The second-order valence-electron chi connectivity index (χ2n) is 3.92. The van der Waals surface area contributed by atoms with E-state index in [0.29, 0.717) is 0 Å². The molecule has 1 unspecified atom stereocenters. The number of nitrogens with one attached hydrogen (secondary N) is 1. The van der Waals surface area contributed by atoms with Crippen molar-refractivity contribution in [2.75, 3.05) is 6.54 Å². The van der Waals surface area contributed by atoms with E-state index in [1.165, 1.54) is 23.2 Å². The van der Waals surface area contributed by atoms with Crippen LogP contribution in [0.1, 0.15) is 6.92 Å². The molecule has 3 amide bonds. The van der Waals surface area contributed by atoms with E-state index in [4.69, 9.17) is 10.8 Å². The van der Waals surface area contributed by atoms with Crippen LogP contribution in [0.2, 0.25) is 0 Å². The molecule has 1 aliphatic rings. The van der Waals surface area contributed by atoms with Crippen molar-refractivity contribution in [1.82, 2.24) is 9.62 Å². The second kappa shape index (κ2) is 7.51. The molecule has 1 atom stereocenters. The van der Waals surface area contributed by atoms with Crippen molar-refractivity contribution in [1.29, 1.82) is 0 Å². The number of carboxylic acid groups (broad SMARTS) is 1. The quantitative estimate of drug-likeness (QED) is 0.558. The third kappa shape index (κ3) is 5.29. The van der Waals surface area contributed by atoms with Gasteiger partial charge in [-0.15, -0.1) is 0 Å². The van der Waals surface area contributed by atoms with Crippen LogP contribution in [0.3, 0.4) is 0 Å². The van der Waals surface area contributed by atoms with Crippen LogP contribution in [0.15, 0.2) is 35.2 Å². The van der Waals surface area contributed by atoms with Gasteiger partial charge < -0.3 is 10.8 Å². The van der Waals surface area contributed by atoms with Gasteiger partial charge in [-0.3, -0.25) is 19.2 Å². The largest absolute Gasteiger partial charge is 0.480 e. The van der Waals surface area contributed by atoms with Crippen LogP contribution in [0, 0.1) is 0 Å². The number of imide groups is 1. The average Bonchev–Trinajstić information content (AvgIpc) is 2.69. The molecule has 1 aromatic carbocycles. The predicted molar refractivity (Wildman–Crippen MR) is 73.8 cm³/mol. The summed E-state index contributed by atoms with van der Waals surface area (Å²) in [6.07, 6.45) is 0. The number of carboxylic acids is 1. The lowest BCUT2D eigenvalue weighted by Crippen LogP contribution is -2.25. The van der Waals surface area contributed by atoms with Gasteiger partial charge in [0, 0.05) is 4.90 Å². The maximum Gasteiger partial charge on any atom is 0.334 e. The molecular formula is C12H15N3O4S. The lowest BCUT2D eigenvalue weighted by molar-refractivity contribution is -0.138. The first-order valence-electron chi connectivity index (χ1n) is 5.73. The van der Waals surface area contributed by atoms with Gasteiger partial charge in [-0.2, -0.15) is 0 Å². The first-order valence-corrected chi connectivity index (χ1v) is 6.50. The van der Waals surface area contributed by atoms with Gasteiger partial charge in [-0.05, 0) is 31.0 Å². The Balaban J connectivity index is 0.000000286. The number of carbonyl (C=O) groups is 3. The molecule has 1 fully saturated rings. The predicted octanol–water partition coefficient (Wildman–Crippen LogP) is 0.664. The van der Waals surface area contributed by atoms with Gasteiger partial charge in [0.25, 0.3) is 0 Å². The zero-order valence-electron chi connectivity index (χ0n) is 10.8. The SMILES string of the molecule is CC(N)C(=O)O.O=C1CN(Sc2ccccc2)C(=O)N1. The fourth-order valence-corrected chi connectivity index (χ4v) is 1.95. The molecular weight excluding hydrogens is 282 g/mol.